The third-order valence-corrected chi connectivity index (χ3v) is 3.44. The number of ether oxygens (including phenoxy) is 1. The van der Waals surface area contributed by atoms with Crippen molar-refractivity contribution >= 4 is 5.97 Å². The molecule has 0 aliphatic rings. The van der Waals surface area contributed by atoms with E-state index >= 15 is 0 Å². The molecule has 0 fully saturated rings. The number of hydrogen-bond donors (Lipinski definition) is 0. The van der Waals surface area contributed by atoms with Gasteiger partial charge in [-0.25, -0.2) is 9.48 Å². The molecule has 1 aromatic carbocycles. The summed E-state index contributed by atoms with van der Waals surface area (Å²) in [7, 11) is 5.34. The van der Waals surface area contributed by atoms with E-state index in [0.29, 0.717) is 17.8 Å². The van der Waals surface area contributed by atoms with Gasteiger partial charge in [0, 0.05) is 18.2 Å². The van der Waals surface area contributed by atoms with Gasteiger partial charge in [0.25, 0.3) is 5.56 Å². The van der Waals surface area contributed by atoms with Gasteiger partial charge in [-0.05, 0) is 45.3 Å². The highest BCUT2D eigenvalue weighted by molar-refractivity contribution is 5.89. The Balaban J connectivity index is 2.19. The van der Waals surface area contributed by atoms with Crippen LogP contribution >= 0.6 is 0 Å². The van der Waals surface area contributed by atoms with Gasteiger partial charge in [-0.2, -0.15) is 5.10 Å². The predicted molar refractivity (Wildman–Crippen MR) is 88.4 cm³/mol. The van der Waals surface area contributed by atoms with Crippen molar-refractivity contribution in [2.45, 2.75) is 13.0 Å². The Morgan fingerprint density at radius 3 is 2.48 bits per heavy atom. The van der Waals surface area contributed by atoms with Crippen molar-refractivity contribution in [3.8, 4) is 11.3 Å². The molecule has 1 heterocycles. The normalized spacial score (nSPS) is 10.8. The molecule has 0 radical (unpaired) electrons. The molecule has 0 saturated carbocycles. The molecule has 23 heavy (non-hydrogen) atoms. The van der Waals surface area contributed by atoms with Gasteiger partial charge in [-0.3, -0.25) is 4.79 Å². The van der Waals surface area contributed by atoms with E-state index in [1.807, 2.05) is 14.1 Å². The zero-order valence-electron chi connectivity index (χ0n) is 13.7. The minimum absolute atomic E-state index is 0.112. The molecule has 0 bridgehead atoms. The van der Waals surface area contributed by atoms with Crippen LogP contribution in [0.2, 0.25) is 0 Å². The minimum atomic E-state index is -0.377. The fraction of sp³-hybridized carbons (Fsp3) is 0.353. The van der Waals surface area contributed by atoms with Crippen LogP contribution in [0.1, 0.15) is 16.8 Å². The number of hydrogen-bond acceptors (Lipinski definition) is 5. The highest BCUT2D eigenvalue weighted by Crippen LogP contribution is 2.16. The lowest BCUT2D eigenvalue weighted by Crippen LogP contribution is -2.24. The zero-order chi connectivity index (χ0) is 16.8. The monoisotopic (exact) mass is 315 g/mol. The van der Waals surface area contributed by atoms with Crippen molar-refractivity contribution in [3.05, 3.63) is 52.3 Å². The summed E-state index contributed by atoms with van der Waals surface area (Å²) in [6, 6.07) is 10.2. The van der Waals surface area contributed by atoms with Crippen molar-refractivity contribution in [2.75, 3.05) is 27.7 Å². The molecule has 0 aliphatic carbocycles. The van der Waals surface area contributed by atoms with E-state index in [9.17, 15) is 9.59 Å². The molecule has 2 rings (SSSR count). The third kappa shape index (κ3) is 4.50. The van der Waals surface area contributed by atoms with Gasteiger partial charge in [0.15, 0.2) is 0 Å². The summed E-state index contributed by atoms with van der Waals surface area (Å²) < 4.78 is 6.16. The molecule has 0 unspecified atom stereocenters. The summed E-state index contributed by atoms with van der Waals surface area (Å²) >= 11 is 0. The Bertz CT molecular complexity index is 721. The maximum atomic E-state index is 11.9. The van der Waals surface area contributed by atoms with Crippen LogP contribution in [0, 0.1) is 0 Å². The molecule has 0 aliphatic heterocycles. The van der Waals surface area contributed by atoms with Crippen molar-refractivity contribution < 1.29 is 9.53 Å². The molecular formula is C17H21N3O3. The van der Waals surface area contributed by atoms with Crippen molar-refractivity contribution in [1.29, 1.82) is 0 Å². The smallest absolute Gasteiger partial charge is 0.337 e. The molecule has 0 amide bonds. The van der Waals surface area contributed by atoms with E-state index in [4.69, 9.17) is 0 Å². The highest BCUT2D eigenvalue weighted by atomic mass is 16.5. The standard InChI is InChI=1S/C17H21N3O3/c1-19(2)11-4-12-20-16(21)10-9-15(18-20)13-5-7-14(8-6-13)17(22)23-3/h5-10H,4,11-12H2,1-3H3. The summed E-state index contributed by atoms with van der Waals surface area (Å²) in [4.78, 5) is 25.4. The first-order valence-electron chi connectivity index (χ1n) is 7.43. The van der Waals surface area contributed by atoms with E-state index in [1.165, 1.54) is 17.9 Å². The number of nitrogens with zero attached hydrogens (tertiary/aromatic N) is 3. The van der Waals surface area contributed by atoms with Crippen molar-refractivity contribution in [3.63, 3.8) is 0 Å². The van der Waals surface area contributed by atoms with Gasteiger partial charge in [0.05, 0.1) is 18.4 Å². The maximum Gasteiger partial charge on any atom is 0.337 e. The topological polar surface area (TPSA) is 64.4 Å². The fourth-order valence-electron chi connectivity index (χ4n) is 2.19. The molecule has 1 aromatic heterocycles. The molecule has 6 nitrogen and oxygen atoms in total. The summed E-state index contributed by atoms with van der Waals surface area (Å²) in [5.41, 5.74) is 1.92. The van der Waals surface area contributed by atoms with Crippen LogP contribution in [0.15, 0.2) is 41.2 Å². The Kier molecular flexibility index (Phi) is 5.65. The highest BCUT2D eigenvalue weighted by Gasteiger charge is 2.07. The maximum absolute atomic E-state index is 11.9. The second-order valence-electron chi connectivity index (χ2n) is 5.51. The summed E-state index contributed by atoms with van der Waals surface area (Å²) in [6.45, 7) is 1.47. The zero-order valence-corrected chi connectivity index (χ0v) is 13.7. The Morgan fingerprint density at radius 1 is 1.17 bits per heavy atom. The van der Waals surface area contributed by atoms with E-state index < -0.39 is 0 Å². The lowest BCUT2D eigenvalue weighted by atomic mass is 10.1. The number of carbonyl (C=O) groups excluding carboxylic acids is 1. The van der Waals surface area contributed by atoms with E-state index in [0.717, 1.165) is 18.5 Å². The number of methoxy groups -OCH3 is 1. The molecule has 6 heteroatoms. The van der Waals surface area contributed by atoms with Gasteiger partial charge in [0.1, 0.15) is 0 Å². The molecule has 0 N–H and O–H groups in total. The SMILES string of the molecule is COC(=O)c1ccc(-c2ccc(=O)n(CCCN(C)C)n2)cc1. The number of aryl methyl sites for hydroxylation is 1. The fourth-order valence-corrected chi connectivity index (χ4v) is 2.19. The van der Waals surface area contributed by atoms with E-state index in [2.05, 4.69) is 14.7 Å². The first-order chi connectivity index (χ1) is 11.0. The number of carbonyl (C=O) groups is 1. The predicted octanol–water partition coefficient (Wildman–Crippen LogP) is 1.65. The molecule has 0 saturated heterocycles. The minimum Gasteiger partial charge on any atom is -0.465 e. The second-order valence-corrected chi connectivity index (χ2v) is 5.51. The van der Waals surface area contributed by atoms with Crippen LogP contribution in [0.3, 0.4) is 0 Å². The number of benzene rings is 1. The van der Waals surface area contributed by atoms with Gasteiger partial charge in [-0.15, -0.1) is 0 Å². The molecule has 2 aromatic rings. The Labute approximate surface area is 135 Å². The largest absolute Gasteiger partial charge is 0.465 e. The lowest BCUT2D eigenvalue weighted by Gasteiger charge is -2.10. The lowest BCUT2D eigenvalue weighted by molar-refractivity contribution is 0.0601. The van der Waals surface area contributed by atoms with Crippen molar-refractivity contribution in [1.82, 2.24) is 14.7 Å². The van der Waals surface area contributed by atoms with Crippen LogP contribution in [0.4, 0.5) is 0 Å². The molecule has 0 spiro atoms. The van der Waals surface area contributed by atoms with Gasteiger partial charge < -0.3 is 9.64 Å². The average Bonchev–Trinajstić information content (AvgIpc) is 2.55. The number of rotatable bonds is 6. The average molecular weight is 315 g/mol. The molecule has 0 atom stereocenters. The first kappa shape index (κ1) is 16.9. The Morgan fingerprint density at radius 2 is 1.87 bits per heavy atom. The van der Waals surface area contributed by atoms with Crippen LogP contribution < -0.4 is 5.56 Å². The summed E-state index contributed by atoms with van der Waals surface area (Å²) in [6.07, 6.45) is 0.852. The number of aromatic nitrogens is 2. The quantitative estimate of drug-likeness (QED) is 0.758. The van der Waals surface area contributed by atoms with Crippen LogP contribution in [0.5, 0.6) is 0 Å². The van der Waals surface area contributed by atoms with E-state index in [-0.39, 0.29) is 11.5 Å². The second kappa shape index (κ2) is 7.69. The third-order valence-electron chi connectivity index (χ3n) is 3.44. The van der Waals surface area contributed by atoms with E-state index in [1.54, 1.807) is 30.3 Å². The van der Waals surface area contributed by atoms with Crippen LogP contribution in [0.25, 0.3) is 11.3 Å². The van der Waals surface area contributed by atoms with Crippen molar-refractivity contribution in [2.24, 2.45) is 0 Å². The number of esters is 1. The Hall–Kier alpha value is -2.47. The summed E-state index contributed by atoms with van der Waals surface area (Å²) in [5, 5.41) is 4.40. The van der Waals surface area contributed by atoms with Gasteiger partial charge in [0.2, 0.25) is 0 Å². The molecular weight excluding hydrogens is 294 g/mol. The van der Waals surface area contributed by atoms with Crippen LogP contribution in [-0.4, -0.2) is 48.4 Å². The van der Waals surface area contributed by atoms with Gasteiger partial charge in [-0.1, -0.05) is 12.1 Å². The first-order valence-corrected chi connectivity index (χ1v) is 7.43. The molecule has 122 valence electrons. The van der Waals surface area contributed by atoms with Gasteiger partial charge >= 0.3 is 5.97 Å². The van der Waals surface area contributed by atoms with Crippen LogP contribution in [-0.2, 0) is 11.3 Å². The summed E-state index contributed by atoms with van der Waals surface area (Å²) in [5.74, 6) is -0.377.